The summed E-state index contributed by atoms with van der Waals surface area (Å²) in [7, 11) is 0. The second-order valence-electron chi connectivity index (χ2n) is 9.18. The van der Waals surface area contributed by atoms with Crippen molar-refractivity contribution < 1.29 is 14.3 Å². The van der Waals surface area contributed by atoms with Crippen LogP contribution in [0, 0.1) is 12.8 Å². The molecule has 33 heavy (non-hydrogen) atoms. The van der Waals surface area contributed by atoms with Crippen LogP contribution in [0.15, 0.2) is 30.5 Å². The molecule has 5 rings (SSSR count). The van der Waals surface area contributed by atoms with Gasteiger partial charge in [0, 0.05) is 40.1 Å². The molecule has 0 radical (unpaired) electrons. The van der Waals surface area contributed by atoms with Gasteiger partial charge in [0.1, 0.15) is 11.9 Å². The maximum Gasteiger partial charge on any atom is 0.230 e. The minimum absolute atomic E-state index is 0.103. The summed E-state index contributed by atoms with van der Waals surface area (Å²) in [5.41, 5.74) is 3.85. The monoisotopic (exact) mass is 482 g/mol. The summed E-state index contributed by atoms with van der Waals surface area (Å²) in [4.78, 5) is 31.0. The fourth-order valence-electron chi connectivity index (χ4n) is 4.93. The van der Waals surface area contributed by atoms with Crippen LogP contribution in [-0.2, 0) is 16.1 Å². The Kier molecular flexibility index (Phi) is 6.14. The lowest BCUT2D eigenvalue weighted by molar-refractivity contribution is -0.138. The Hall–Kier alpha value is -2.44. The number of carbonyl (C=O) groups excluding carboxylic acids is 2. The molecule has 2 aliphatic rings. The van der Waals surface area contributed by atoms with Crippen LogP contribution in [0.5, 0.6) is 5.75 Å². The van der Waals surface area contributed by atoms with Gasteiger partial charge in [-0.2, -0.15) is 0 Å². The largest absolute Gasteiger partial charge is 0.489 e. The fourth-order valence-corrected chi connectivity index (χ4v) is 6.33. The van der Waals surface area contributed by atoms with Gasteiger partial charge < -0.3 is 4.74 Å². The highest BCUT2D eigenvalue weighted by atomic mass is 35.5. The Morgan fingerprint density at radius 2 is 1.88 bits per heavy atom. The number of ether oxygens (including phenoxy) is 1. The third kappa shape index (κ3) is 4.38. The van der Waals surface area contributed by atoms with Gasteiger partial charge in [0.2, 0.25) is 11.8 Å². The number of imide groups is 1. The second kappa shape index (κ2) is 9.07. The molecule has 3 heterocycles. The van der Waals surface area contributed by atoms with E-state index in [4.69, 9.17) is 16.3 Å². The zero-order valence-electron chi connectivity index (χ0n) is 18.9. The zero-order valence-corrected chi connectivity index (χ0v) is 20.5. The lowest BCUT2D eigenvalue weighted by Gasteiger charge is -2.31. The quantitative estimate of drug-likeness (QED) is 0.388. The van der Waals surface area contributed by atoms with Crippen LogP contribution in [0.3, 0.4) is 0 Å². The van der Waals surface area contributed by atoms with Gasteiger partial charge in [0.05, 0.1) is 16.8 Å². The Labute approximate surface area is 202 Å². The van der Waals surface area contributed by atoms with Gasteiger partial charge in [-0.25, -0.2) is 0 Å². The minimum Gasteiger partial charge on any atom is -0.489 e. The van der Waals surface area contributed by atoms with Crippen LogP contribution in [0.2, 0.25) is 5.02 Å². The number of aryl methyl sites for hydroxylation is 1. The predicted molar refractivity (Wildman–Crippen MR) is 132 cm³/mol. The Morgan fingerprint density at radius 3 is 2.64 bits per heavy atom. The molecule has 2 aromatic heterocycles. The molecule has 172 valence electrons. The molecule has 0 unspecified atom stereocenters. The number of pyridine rings is 1. The van der Waals surface area contributed by atoms with Crippen molar-refractivity contribution in [2.75, 3.05) is 0 Å². The molecule has 5 nitrogen and oxygen atoms in total. The predicted octanol–water partition coefficient (Wildman–Crippen LogP) is 6.53. The van der Waals surface area contributed by atoms with Gasteiger partial charge in [0.25, 0.3) is 0 Å². The topological polar surface area (TPSA) is 59.5 Å². The van der Waals surface area contributed by atoms with Crippen LogP contribution in [-0.4, -0.2) is 27.8 Å². The fraction of sp³-hybridized carbons (Fsp3) is 0.423. The lowest BCUT2D eigenvalue weighted by Crippen LogP contribution is -2.28. The van der Waals surface area contributed by atoms with E-state index >= 15 is 0 Å². The summed E-state index contributed by atoms with van der Waals surface area (Å²) in [6.07, 6.45) is 7.30. The van der Waals surface area contributed by atoms with Crippen LogP contribution >= 0.6 is 22.9 Å². The zero-order chi connectivity index (χ0) is 23.1. The highest BCUT2D eigenvalue weighted by molar-refractivity contribution is 7.19. The van der Waals surface area contributed by atoms with Gasteiger partial charge in [-0.1, -0.05) is 24.9 Å². The molecule has 2 atom stereocenters. The van der Waals surface area contributed by atoms with E-state index in [1.807, 2.05) is 31.2 Å². The van der Waals surface area contributed by atoms with Gasteiger partial charge >= 0.3 is 0 Å². The van der Waals surface area contributed by atoms with Gasteiger partial charge in [0.15, 0.2) is 0 Å². The van der Waals surface area contributed by atoms with Crippen molar-refractivity contribution in [3.63, 3.8) is 0 Å². The van der Waals surface area contributed by atoms with Crippen LogP contribution in [0.4, 0.5) is 0 Å². The first kappa shape index (κ1) is 22.4. The third-order valence-electron chi connectivity index (χ3n) is 6.76. The van der Waals surface area contributed by atoms with E-state index in [1.165, 1.54) is 24.2 Å². The Morgan fingerprint density at radius 1 is 1.12 bits per heavy atom. The maximum atomic E-state index is 12.1. The Bertz CT molecular complexity index is 1220. The van der Waals surface area contributed by atoms with E-state index in [2.05, 4.69) is 11.9 Å². The molecule has 0 spiro atoms. The number of amides is 2. The van der Waals surface area contributed by atoms with Crippen molar-refractivity contribution in [3.8, 4) is 16.9 Å². The normalized spacial score (nSPS) is 21.2. The molecule has 2 amide bonds. The van der Waals surface area contributed by atoms with E-state index in [0.29, 0.717) is 30.3 Å². The van der Waals surface area contributed by atoms with Crippen LogP contribution in [0.25, 0.3) is 21.3 Å². The van der Waals surface area contributed by atoms with Crippen molar-refractivity contribution >= 4 is 45.0 Å². The third-order valence-corrected chi connectivity index (χ3v) is 8.12. The number of rotatable bonds is 5. The molecule has 0 N–H and O–H groups in total. The first-order valence-electron chi connectivity index (χ1n) is 11.6. The molecule has 1 saturated carbocycles. The van der Waals surface area contributed by atoms with Crippen LogP contribution < -0.4 is 4.74 Å². The number of hydrogen-bond donors (Lipinski definition) is 0. The molecule has 7 heteroatoms. The van der Waals surface area contributed by atoms with Gasteiger partial charge in [-0.3, -0.25) is 19.5 Å². The molecular weight excluding hydrogens is 456 g/mol. The molecule has 3 aromatic rings. The summed E-state index contributed by atoms with van der Waals surface area (Å²) in [5, 5.41) is 0.668. The number of fused-ring (bicyclic) bond motifs is 1. The van der Waals surface area contributed by atoms with Crippen molar-refractivity contribution in [2.45, 2.75) is 65.0 Å². The number of nitrogens with zero attached hydrogens (tertiary/aromatic N) is 2. The van der Waals surface area contributed by atoms with Gasteiger partial charge in [-0.05, 0) is 61.9 Å². The average Bonchev–Trinajstić information content (AvgIpc) is 3.34. The highest BCUT2D eigenvalue weighted by Gasteiger charge is 2.30. The van der Waals surface area contributed by atoms with Gasteiger partial charge in [-0.15, -0.1) is 11.3 Å². The molecule has 1 aromatic carbocycles. The van der Waals surface area contributed by atoms with E-state index in [1.54, 1.807) is 17.5 Å². The van der Waals surface area contributed by atoms with Crippen molar-refractivity contribution in [1.29, 1.82) is 0 Å². The van der Waals surface area contributed by atoms with E-state index < -0.39 is 0 Å². The number of hydrogen-bond acceptors (Lipinski definition) is 5. The number of benzene rings is 1. The summed E-state index contributed by atoms with van der Waals surface area (Å²) < 4.78 is 7.67. The molecule has 1 aliphatic heterocycles. The molecule has 1 saturated heterocycles. The van der Waals surface area contributed by atoms with Crippen molar-refractivity contribution in [1.82, 2.24) is 9.88 Å². The number of thiophene rings is 1. The number of carbonyl (C=O) groups is 2. The molecule has 1 aliphatic carbocycles. The first-order valence-corrected chi connectivity index (χ1v) is 12.8. The summed E-state index contributed by atoms with van der Waals surface area (Å²) >= 11 is 8.07. The SMILES string of the molecule is Cc1cc(Cl)cc(-c2ccnc3cc(CN4C(=O)CCC4=O)sc23)c1O[C@H]1CCCC[C@@H]1C. The summed E-state index contributed by atoms with van der Waals surface area (Å²) in [6.45, 7) is 4.61. The molecule has 2 fully saturated rings. The molecular formula is C26H27ClN2O3S. The van der Waals surface area contributed by atoms with Crippen molar-refractivity contribution in [2.24, 2.45) is 5.92 Å². The lowest BCUT2D eigenvalue weighted by atomic mass is 9.88. The smallest absolute Gasteiger partial charge is 0.230 e. The van der Waals surface area contributed by atoms with E-state index in [9.17, 15) is 9.59 Å². The maximum absolute atomic E-state index is 12.1. The summed E-state index contributed by atoms with van der Waals surface area (Å²) in [6, 6.07) is 7.90. The molecule has 0 bridgehead atoms. The van der Waals surface area contributed by atoms with Crippen LogP contribution in [0.1, 0.15) is 55.9 Å². The van der Waals surface area contributed by atoms with Crippen molar-refractivity contribution in [3.05, 3.63) is 45.9 Å². The number of aromatic nitrogens is 1. The van der Waals surface area contributed by atoms with E-state index in [-0.39, 0.29) is 17.9 Å². The second-order valence-corrected chi connectivity index (χ2v) is 10.7. The Balaban J connectivity index is 1.55. The highest BCUT2D eigenvalue weighted by Crippen LogP contribution is 2.43. The minimum atomic E-state index is -0.103. The summed E-state index contributed by atoms with van der Waals surface area (Å²) in [5.74, 6) is 1.19. The number of halogens is 1. The first-order chi connectivity index (χ1) is 15.9. The number of likely N-dealkylation sites (tertiary alicyclic amines) is 1. The van der Waals surface area contributed by atoms with E-state index in [0.717, 1.165) is 44.0 Å². The average molecular weight is 483 g/mol. The standard InChI is InChI=1S/C26H27ClN2O3S/c1-15-5-3-4-6-22(15)32-25-16(2)11-17(27)12-20(25)19-9-10-28-21-13-18(33-26(19)21)14-29-23(30)7-8-24(29)31/h9-13,15,22H,3-8,14H2,1-2H3/t15-,22-/m0/s1.